The van der Waals surface area contributed by atoms with E-state index >= 15 is 0 Å². The Kier molecular flexibility index (Phi) is 8.80. The van der Waals surface area contributed by atoms with E-state index in [-0.39, 0.29) is 12.4 Å². The summed E-state index contributed by atoms with van der Waals surface area (Å²) in [7, 11) is 1.64. The molecule has 0 fully saturated rings. The van der Waals surface area contributed by atoms with Gasteiger partial charge >= 0.3 is 0 Å². The number of benzene rings is 1. The van der Waals surface area contributed by atoms with Gasteiger partial charge in [0.2, 0.25) is 0 Å². The highest BCUT2D eigenvalue weighted by Crippen LogP contribution is 2.27. The van der Waals surface area contributed by atoms with Gasteiger partial charge in [0.25, 0.3) is 0 Å². The molecule has 4 heteroatoms. The number of rotatable bonds is 8. The zero-order chi connectivity index (χ0) is 12.5. The monoisotopic (exact) mass is 269 g/mol. The summed E-state index contributed by atoms with van der Waals surface area (Å²) in [6.45, 7) is 9.32. The maximum absolute atomic E-state index is 5.48. The van der Waals surface area contributed by atoms with Crippen LogP contribution in [-0.2, 0) is 6.54 Å². The van der Waals surface area contributed by atoms with E-state index in [2.05, 4.69) is 18.5 Å². The van der Waals surface area contributed by atoms with Gasteiger partial charge in [-0.15, -0.1) is 19.0 Å². The van der Waals surface area contributed by atoms with Crippen LogP contribution in [0.1, 0.15) is 5.56 Å². The molecule has 100 valence electrons. The number of ether oxygens (including phenoxy) is 2. The lowest BCUT2D eigenvalue weighted by molar-refractivity contribution is 0.326. The number of hydrogen-bond donors (Lipinski definition) is 1. The van der Waals surface area contributed by atoms with Crippen molar-refractivity contribution < 1.29 is 9.47 Å². The van der Waals surface area contributed by atoms with E-state index in [0.29, 0.717) is 6.61 Å². The Morgan fingerprint density at radius 3 is 2.61 bits per heavy atom. The van der Waals surface area contributed by atoms with Gasteiger partial charge < -0.3 is 14.8 Å². The molecule has 1 aromatic carbocycles. The maximum Gasteiger partial charge on any atom is 0.161 e. The Balaban J connectivity index is 0.00000289. The molecule has 18 heavy (non-hydrogen) atoms. The molecule has 0 heterocycles. The molecule has 3 nitrogen and oxygen atoms in total. The van der Waals surface area contributed by atoms with Gasteiger partial charge in [0.1, 0.15) is 6.61 Å². The average Bonchev–Trinajstić information content (AvgIpc) is 2.37. The highest BCUT2D eigenvalue weighted by molar-refractivity contribution is 5.85. The zero-order valence-corrected chi connectivity index (χ0v) is 11.5. The minimum atomic E-state index is 0. The molecule has 0 saturated heterocycles. The van der Waals surface area contributed by atoms with Crippen molar-refractivity contribution >= 4 is 12.4 Å². The van der Waals surface area contributed by atoms with Crippen LogP contribution >= 0.6 is 12.4 Å². The van der Waals surface area contributed by atoms with E-state index in [1.54, 1.807) is 13.2 Å². The summed E-state index contributed by atoms with van der Waals surface area (Å²) in [6.07, 6.45) is 3.54. The van der Waals surface area contributed by atoms with Crippen LogP contribution in [0.25, 0.3) is 0 Å². The van der Waals surface area contributed by atoms with Gasteiger partial charge in [-0.1, -0.05) is 24.8 Å². The van der Waals surface area contributed by atoms with E-state index in [1.165, 1.54) is 0 Å². The van der Waals surface area contributed by atoms with E-state index < -0.39 is 0 Å². The van der Waals surface area contributed by atoms with Crippen molar-refractivity contribution in [1.29, 1.82) is 0 Å². The molecule has 1 aromatic rings. The molecule has 0 amide bonds. The van der Waals surface area contributed by atoms with E-state index in [9.17, 15) is 0 Å². The molecule has 0 aliphatic carbocycles. The van der Waals surface area contributed by atoms with Crippen molar-refractivity contribution in [3.63, 3.8) is 0 Å². The van der Waals surface area contributed by atoms with Crippen molar-refractivity contribution in [1.82, 2.24) is 5.32 Å². The molecule has 1 rings (SSSR count). The fourth-order valence-electron chi connectivity index (χ4n) is 1.41. The fraction of sp³-hybridized carbons (Fsp3) is 0.286. The van der Waals surface area contributed by atoms with Crippen LogP contribution in [0.3, 0.4) is 0 Å². The number of nitrogens with one attached hydrogen (secondary N) is 1. The van der Waals surface area contributed by atoms with Crippen LogP contribution in [0.2, 0.25) is 0 Å². The molecule has 0 saturated carbocycles. The van der Waals surface area contributed by atoms with E-state index in [1.807, 2.05) is 24.3 Å². The summed E-state index contributed by atoms with van der Waals surface area (Å²) in [5.41, 5.74) is 1.15. The smallest absolute Gasteiger partial charge is 0.161 e. The van der Waals surface area contributed by atoms with Gasteiger partial charge in [-0.2, -0.15) is 0 Å². The highest BCUT2D eigenvalue weighted by Gasteiger charge is 2.04. The van der Waals surface area contributed by atoms with Crippen molar-refractivity contribution in [2.24, 2.45) is 0 Å². The maximum atomic E-state index is 5.48. The summed E-state index contributed by atoms with van der Waals surface area (Å²) in [4.78, 5) is 0. The van der Waals surface area contributed by atoms with Crippen LogP contribution in [0, 0.1) is 0 Å². The standard InChI is InChI=1S/C14H19NO2.ClH/c1-4-8-15-11-12-6-7-13(17-9-5-2)14(10-12)16-3;/h4-7,10,15H,1-2,8-9,11H2,3H3;1H. The third-order valence-corrected chi connectivity index (χ3v) is 2.20. The number of halogens is 1. The predicted molar refractivity (Wildman–Crippen MR) is 77.8 cm³/mol. The number of hydrogen-bond acceptors (Lipinski definition) is 3. The molecular formula is C14H20ClNO2. The van der Waals surface area contributed by atoms with Gasteiger partial charge in [0.05, 0.1) is 7.11 Å². The van der Waals surface area contributed by atoms with Crippen LogP contribution in [-0.4, -0.2) is 20.3 Å². The summed E-state index contributed by atoms with van der Waals surface area (Å²) < 4.78 is 10.8. The van der Waals surface area contributed by atoms with Crippen molar-refractivity contribution in [2.45, 2.75) is 6.54 Å². The second-order valence-electron chi connectivity index (χ2n) is 3.50. The fourth-order valence-corrected chi connectivity index (χ4v) is 1.41. The van der Waals surface area contributed by atoms with Crippen molar-refractivity contribution in [3.8, 4) is 11.5 Å². The first-order chi connectivity index (χ1) is 8.31. The summed E-state index contributed by atoms with van der Waals surface area (Å²) in [6, 6.07) is 5.89. The largest absolute Gasteiger partial charge is 0.493 e. The van der Waals surface area contributed by atoms with Gasteiger partial charge in [-0.25, -0.2) is 0 Å². The van der Waals surface area contributed by atoms with E-state index in [0.717, 1.165) is 30.2 Å². The molecule has 0 atom stereocenters. The predicted octanol–water partition coefficient (Wildman–Crippen LogP) is 2.96. The quantitative estimate of drug-likeness (QED) is 0.581. The molecule has 0 aromatic heterocycles. The first-order valence-corrected chi connectivity index (χ1v) is 5.54. The molecule has 0 radical (unpaired) electrons. The van der Waals surface area contributed by atoms with Crippen LogP contribution in [0.4, 0.5) is 0 Å². The summed E-state index contributed by atoms with van der Waals surface area (Å²) >= 11 is 0. The topological polar surface area (TPSA) is 30.5 Å². The first kappa shape index (κ1) is 16.6. The Labute approximate surface area is 115 Å². The van der Waals surface area contributed by atoms with Gasteiger partial charge in [-0.05, 0) is 17.7 Å². The second-order valence-corrected chi connectivity index (χ2v) is 3.50. The minimum Gasteiger partial charge on any atom is -0.493 e. The Bertz CT molecular complexity index is 380. The van der Waals surface area contributed by atoms with E-state index in [4.69, 9.17) is 9.47 Å². The third kappa shape index (κ3) is 5.25. The van der Waals surface area contributed by atoms with Crippen LogP contribution in [0.15, 0.2) is 43.5 Å². The molecule has 0 aliphatic heterocycles. The molecule has 0 unspecified atom stereocenters. The highest BCUT2D eigenvalue weighted by atomic mass is 35.5. The second kappa shape index (κ2) is 9.57. The molecule has 0 aliphatic rings. The minimum absolute atomic E-state index is 0. The molecular weight excluding hydrogens is 250 g/mol. The first-order valence-electron chi connectivity index (χ1n) is 5.54. The van der Waals surface area contributed by atoms with Crippen molar-refractivity contribution in [3.05, 3.63) is 49.1 Å². The Morgan fingerprint density at radius 1 is 1.22 bits per heavy atom. The van der Waals surface area contributed by atoms with Gasteiger partial charge in [-0.3, -0.25) is 0 Å². The number of methoxy groups -OCH3 is 1. The van der Waals surface area contributed by atoms with Crippen LogP contribution in [0.5, 0.6) is 11.5 Å². The Hall–Kier alpha value is -1.45. The molecule has 0 bridgehead atoms. The van der Waals surface area contributed by atoms with Gasteiger partial charge in [0, 0.05) is 13.1 Å². The lowest BCUT2D eigenvalue weighted by Gasteiger charge is -2.11. The third-order valence-electron chi connectivity index (χ3n) is 2.20. The zero-order valence-electron chi connectivity index (χ0n) is 10.6. The van der Waals surface area contributed by atoms with Crippen molar-refractivity contribution in [2.75, 3.05) is 20.3 Å². The summed E-state index contributed by atoms with van der Waals surface area (Å²) in [5.74, 6) is 1.48. The average molecular weight is 270 g/mol. The lowest BCUT2D eigenvalue weighted by Crippen LogP contribution is -2.12. The SMILES string of the molecule is C=CCNCc1ccc(OCC=C)c(OC)c1.Cl. The lowest BCUT2D eigenvalue weighted by atomic mass is 10.2. The van der Waals surface area contributed by atoms with Crippen LogP contribution < -0.4 is 14.8 Å². The normalized spacial score (nSPS) is 9.17. The molecule has 1 N–H and O–H groups in total. The van der Waals surface area contributed by atoms with Gasteiger partial charge in [0.15, 0.2) is 11.5 Å². The Morgan fingerprint density at radius 2 is 2.00 bits per heavy atom. The summed E-state index contributed by atoms with van der Waals surface area (Å²) in [5, 5.41) is 3.23. The molecule has 0 spiro atoms.